The molecule has 0 N–H and O–H groups in total. The molecule has 1 aliphatic rings. The largest absolute Gasteiger partial charge is 0.434 e. The van der Waals surface area contributed by atoms with Crippen LogP contribution in [0.5, 0.6) is 0 Å². The predicted molar refractivity (Wildman–Crippen MR) is 104 cm³/mol. The van der Waals surface area contributed by atoms with Crippen LogP contribution in [0, 0.1) is 5.82 Å². The number of hydrogen-bond donors (Lipinski definition) is 0. The van der Waals surface area contributed by atoms with E-state index in [1.807, 2.05) is 12.1 Å². The van der Waals surface area contributed by atoms with Gasteiger partial charge in [-0.25, -0.2) is 9.07 Å². The first-order valence-electron chi connectivity index (χ1n) is 9.65. The molecule has 10 heteroatoms. The molecule has 1 saturated heterocycles. The Balaban J connectivity index is 1.54. The zero-order valence-electron chi connectivity index (χ0n) is 16.4. The second-order valence-corrected chi connectivity index (χ2v) is 7.19. The minimum absolute atomic E-state index is 0.284. The summed E-state index contributed by atoms with van der Waals surface area (Å²) in [5.41, 5.74) is -1.16. The van der Waals surface area contributed by atoms with Crippen molar-refractivity contribution in [2.24, 2.45) is 0 Å². The Bertz CT molecular complexity index is 1060. The van der Waals surface area contributed by atoms with Crippen molar-refractivity contribution < 1.29 is 22.4 Å². The molecule has 3 aromatic rings. The number of carbonyl (C=O) groups excluding carboxylic acids is 1. The van der Waals surface area contributed by atoms with E-state index < -0.39 is 29.2 Å². The summed E-state index contributed by atoms with van der Waals surface area (Å²) >= 11 is 0. The molecule has 31 heavy (non-hydrogen) atoms. The molecule has 162 valence electrons. The van der Waals surface area contributed by atoms with Crippen molar-refractivity contribution in [1.29, 1.82) is 0 Å². The number of hydrogen-bond acceptors (Lipinski definition) is 4. The van der Waals surface area contributed by atoms with Crippen molar-refractivity contribution >= 4 is 5.91 Å². The van der Waals surface area contributed by atoms with Gasteiger partial charge < -0.3 is 4.90 Å². The summed E-state index contributed by atoms with van der Waals surface area (Å²) in [6, 6.07) is 8.79. The van der Waals surface area contributed by atoms with Crippen LogP contribution in [0.25, 0.3) is 5.69 Å². The van der Waals surface area contributed by atoms with E-state index in [1.54, 1.807) is 12.4 Å². The second kappa shape index (κ2) is 8.46. The predicted octanol–water partition coefficient (Wildman–Crippen LogP) is 3.38. The molecule has 0 saturated carbocycles. The molecule has 0 bridgehead atoms. The van der Waals surface area contributed by atoms with Gasteiger partial charge in [-0.1, -0.05) is 12.1 Å². The van der Waals surface area contributed by atoms with E-state index in [4.69, 9.17) is 0 Å². The van der Waals surface area contributed by atoms with Gasteiger partial charge in [0, 0.05) is 45.1 Å². The Morgan fingerprint density at radius 2 is 1.68 bits per heavy atom. The minimum atomic E-state index is -4.88. The average molecular weight is 433 g/mol. The van der Waals surface area contributed by atoms with E-state index in [-0.39, 0.29) is 18.8 Å². The topological polar surface area (TPSA) is 54.3 Å². The van der Waals surface area contributed by atoms with Crippen LogP contribution in [-0.4, -0.2) is 56.7 Å². The molecule has 0 spiro atoms. The van der Waals surface area contributed by atoms with Crippen LogP contribution in [0.2, 0.25) is 0 Å². The van der Waals surface area contributed by atoms with Gasteiger partial charge in [0.05, 0.1) is 11.8 Å². The molecule has 0 atom stereocenters. The van der Waals surface area contributed by atoms with E-state index >= 15 is 0 Å². The fourth-order valence-electron chi connectivity index (χ4n) is 3.61. The Kier molecular flexibility index (Phi) is 5.73. The van der Waals surface area contributed by atoms with E-state index in [0.717, 1.165) is 17.8 Å². The first-order chi connectivity index (χ1) is 14.8. The summed E-state index contributed by atoms with van der Waals surface area (Å²) in [4.78, 5) is 20.4. The zero-order chi connectivity index (χ0) is 22.0. The number of aromatic nitrogens is 3. The number of rotatable bonds is 4. The highest BCUT2D eigenvalue weighted by Gasteiger charge is 2.42. The second-order valence-electron chi connectivity index (χ2n) is 7.19. The lowest BCUT2D eigenvalue weighted by molar-refractivity contribution is -0.143. The molecule has 0 unspecified atom stereocenters. The smallest absolute Gasteiger partial charge is 0.336 e. The number of alkyl halides is 3. The van der Waals surface area contributed by atoms with E-state index in [9.17, 15) is 22.4 Å². The molecule has 0 aliphatic carbocycles. The molecular weight excluding hydrogens is 414 g/mol. The lowest BCUT2D eigenvalue weighted by atomic mass is 10.1. The molecule has 1 amide bonds. The van der Waals surface area contributed by atoms with Crippen LogP contribution in [0.3, 0.4) is 0 Å². The Morgan fingerprint density at radius 1 is 1.00 bits per heavy atom. The molecular formula is C21H19F4N5O. The number of carbonyl (C=O) groups is 1. The molecule has 1 fully saturated rings. The van der Waals surface area contributed by atoms with Crippen molar-refractivity contribution in [3.05, 3.63) is 77.6 Å². The summed E-state index contributed by atoms with van der Waals surface area (Å²) in [5, 5.41) is 3.69. The first kappa shape index (κ1) is 21.0. The summed E-state index contributed by atoms with van der Waals surface area (Å²) < 4.78 is 56.0. The van der Waals surface area contributed by atoms with Crippen LogP contribution in [0.4, 0.5) is 17.6 Å². The van der Waals surface area contributed by atoms with Gasteiger partial charge in [0.2, 0.25) is 0 Å². The summed E-state index contributed by atoms with van der Waals surface area (Å²) in [6.45, 7) is 2.29. The Hall–Kier alpha value is -3.27. The lowest BCUT2D eigenvalue weighted by Crippen LogP contribution is -2.48. The standard InChI is InChI=1S/C21H19F4N5O/c22-17-3-1-2-4-18(17)30-19(21(23,24)25)16(13-27-30)20(31)29-11-9-28(10-12-29)14-15-5-7-26-8-6-15/h1-8,13H,9-12,14H2. The highest BCUT2D eigenvalue weighted by Crippen LogP contribution is 2.34. The monoisotopic (exact) mass is 433 g/mol. The molecule has 4 rings (SSSR count). The number of benzene rings is 1. The number of nitrogens with zero attached hydrogens (tertiary/aromatic N) is 5. The van der Waals surface area contributed by atoms with Gasteiger partial charge in [-0.15, -0.1) is 0 Å². The fraction of sp³-hybridized carbons (Fsp3) is 0.286. The number of pyridine rings is 1. The summed E-state index contributed by atoms with van der Waals surface area (Å²) in [5.74, 6) is -1.63. The Labute approximate surface area is 175 Å². The van der Waals surface area contributed by atoms with Crippen molar-refractivity contribution in [2.45, 2.75) is 12.7 Å². The van der Waals surface area contributed by atoms with E-state index in [2.05, 4.69) is 15.0 Å². The zero-order valence-corrected chi connectivity index (χ0v) is 16.4. The van der Waals surface area contributed by atoms with Crippen LogP contribution in [-0.2, 0) is 12.7 Å². The third-order valence-corrected chi connectivity index (χ3v) is 5.16. The molecule has 0 radical (unpaired) electrons. The SMILES string of the molecule is O=C(c1cnn(-c2ccccc2F)c1C(F)(F)F)N1CCN(Cc2ccncc2)CC1. The van der Waals surface area contributed by atoms with Crippen LogP contribution >= 0.6 is 0 Å². The maximum atomic E-state index is 14.1. The normalized spacial score (nSPS) is 15.3. The van der Waals surface area contributed by atoms with Gasteiger partial charge in [-0.3, -0.25) is 14.7 Å². The highest BCUT2D eigenvalue weighted by atomic mass is 19.4. The fourth-order valence-corrected chi connectivity index (χ4v) is 3.61. The van der Waals surface area contributed by atoms with Crippen molar-refractivity contribution in [3.63, 3.8) is 0 Å². The maximum absolute atomic E-state index is 14.1. The molecule has 3 heterocycles. The first-order valence-corrected chi connectivity index (χ1v) is 9.65. The maximum Gasteiger partial charge on any atom is 0.434 e. The van der Waals surface area contributed by atoms with E-state index in [0.29, 0.717) is 24.3 Å². The lowest BCUT2D eigenvalue weighted by Gasteiger charge is -2.34. The Morgan fingerprint density at radius 3 is 2.32 bits per heavy atom. The van der Waals surface area contributed by atoms with Crippen LogP contribution in [0.1, 0.15) is 21.6 Å². The number of halogens is 4. The molecule has 1 aromatic carbocycles. The third kappa shape index (κ3) is 4.43. The van der Waals surface area contributed by atoms with Crippen molar-refractivity contribution in [3.8, 4) is 5.69 Å². The highest BCUT2D eigenvalue weighted by molar-refractivity contribution is 5.95. The van der Waals surface area contributed by atoms with Gasteiger partial charge in [0.25, 0.3) is 5.91 Å². The summed E-state index contributed by atoms with van der Waals surface area (Å²) in [7, 11) is 0. The van der Waals surface area contributed by atoms with Crippen LogP contribution < -0.4 is 0 Å². The third-order valence-electron chi connectivity index (χ3n) is 5.16. The van der Waals surface area contributed by atoms with Gasteiger partial charge in [0.1, 0.15) is 11.5 Å². The van der Waals surface area contributed by atoms with E-state index in [1.165, 1.54) is 23.1 Å². The van der Waals surface area contributed by atoms with Crippen LogP contribution in [0.15, 0.2) is 55.0 Å². The van der Waals surface area contributed by atoms with Gasteiger partial charge in [-0.05, 0) is 29.8 Å². The van der Waals surface area contributed by atoms with Crippen molar-refractivity contribution in [2.75, 3.05) is 26.2 Å². The average Bonchev–Trinajstić information content (AvgIpc) is 3.20. The molecule has 6 nitrogen and oxygen atoms in total. The quantitative estimate of drug-likeness (QED) is 0.592. The minimum Gasteiger partial charge on any atom is -0.336 e. The molecule has 1 aliphatic heterocycles. The van der Waals surface area contributed by atoms with Gasteiger partial charge in [-0.2, -0.15) is 18.3 Å². The van der Waals surface area contributed by atoms with Crippen molar-refractivity contribution in [1.82, 2.24) is 24.6 Å². The number of amides is 1. The number of para-hydroxylation sites is 1. The number of piperazine rings is 1. The van der Waals surface area contributed by atoms with Gasteiger partial charge in [0.15, 0.2) is 5.69 Å². The summed E-state index contributed by atoms with van der Waals surface area (Å²) in [6.07, 6.45) is -0.629. The van der Waals surface area contributed by atoms with Gasteiger partial charge >= 0.3 is 6.18 Å². The molecule has 2 aromatic heterocycles.